The minimum Gasteiger partial charge on any atom is -0.367 e. The van der Waals surface area contributed by atoms with Crippen molar-refractivity contribution in [3.63, 3.8) is 0 Å². The van der Waals surface area contributed by atoms with Gasteiger partial charge in [0.15, 0.2) is 0 Å². The van der Waals surface area contributed by atoms with Crippen LogP contribution in [-0.2, 0) is 11.3 Å². The second kappa shape index (κ2) is 5.49. The van der Waals surface area contributed by atoms with Crippen LogP contribution in [-0.4, -0.2) is 27.5 Å². The van der Waals surface area contributed by atoms with Crippen LogP contribution < -0.4 is 5.32 Å². The molecule has 1 N–H and O–H groups in total. The molecular weight excluding hydrogens is 250 g/mol. The summed E-state index contributed by atoms with van der Waals surface area (Å²) in [7, 11) is 0. The van der Waals surface area contributed by atoms with Crippen LogP contribution in [0.5, 0.6) is 0 Å². The number of hydrogen-bond acceptors (Lipinski definition) is 3. The largest absolute Gasteiger partial charge is 0.367 e. The quantitative estimate of drug-likeness (QED) is 0.900. The van der Waals surface area contributed by atoms with Crippen LogP contribution in [0.4, 0.5) is 0 Å². The number of hydrogen-bond donors (Lipinski definition) is 1. The molecule has 1 saturated heterocycles. The summed E-state index contributed by atoms with van der Waals surface area (Å²) < 4.78 is 8.23. The fourth-order valence-corrected chi connectivity index (χ4v) is 3.09. The van der Waals surface area contributed by atoms with Gasteiger partial charge in [-0.05, 0) is 40.2 Å². The normalized spacial score (nSPS) is 24.4. The Morgan fingerprint density at radius 3 is 2.65 bits per heavy atom. The van der Waals surface area contributed by atoms with Crippen molar-refractivity contribution >= 4 is 0 Å². The summed E-state index contributed by atoms with van der Waals surface area (Å²) in [6.45, 7) is 15.0. The molecule has 114 valence electrons. The van der Waals surface area contributed by atoms with E-state index in [1.165, 1.54) is 5.56 Å². The van der Waals surface area contributed by atoms with Gasteiger partial charge < -0.3 is 10.1 Å². The fourth-order valence-electron chi connectivity index (χ4n) is 3.09. The summed E-state index contributed by atoms with van der Waals surface area (Å²) in [5, 5.41) is 8.01. The molecule has 1 aromatic heterocycles. The highest BCUT2D eigenvalue weighted by atomic mass is 16.5. The first-order valence-electron chi connectivity index (χ1n) is 7.63. The van der Waals surface area contributed by atoms with Crippen molar-refractivity contribution in [1.82, 2.24) is 15.1 Å². The van der Waals surface area contributed by atoms with E-state index in [4.69, 9.17) is 4.74 Å². The minimum absolute atomic E-state index is 0.0732. The molecular formula is C16H29N3O. The van der Waals surface area contributed by atoms with Crippen molar-refractivity contribution in [2.75, 3.05) is 6.54 Å². The van der Waals surface area contributed by atoms with Gasteiger partial charge in [0.2, 0.25) is 0 Å². The molecule has 0 bridgehead atoms. The van der Waals surface area contributed by atoms with Crippen molar-refractivity contribution in [3.8, 4) is 0 Å². The molecule has 4 nitrogen and oxygen atoms in total. The molecule has 1 unspecified atom stereocenters. The van der Waals surface area contributed by atoms with E-state index in [2.05, 4.69) is 62.8 Å². The van der Waals surface area contributed by atoms with E-state index in [-0.39, 0.29) is 11.2 Å². The summed E-state index contributed by atoms with van der Waals surface area (Å²) in [5.41, 5.74) is 1.00. The van der Waals surface area contributed by atoms with E-state index < -0.39 is 0 Å². The van der Waals surface area contributed by atoms with Gasteiger partial charge in [-0.1, -0.05) is 13.8 Å². The van der Waals surface area contributed by atoms with Crippen molar-refractivity contribution in [2.45, 2.75) is 71.8 Å². The van der Waals surface area contributed by atoms with Gasteiger partial charge >= 0.3 is 0 Å². The molecule has 0 amide bonds. The molecule has 0 spiro atoms. The van der Waals surface area contributed by atoms with Gasteiger partial charge in [-0.2, -0.15) is 5.10 Å². The van der Waals surface area contributed by atoms with Gasteiger partial charge in [-0.25, -0.2) is 0 Å². The lowest BCUT2D eigenvalue weighted by atomic mass is 9.95. The smallest absolute Gasteiger partial charge is 0.0857 e. The molecule has 1 atom stereocenters. The van der Waals surface area contributed by atoms with Crippen LogP contribution in [0.1, 0.15) is 59.6 Å². The number of ether oxygens (including phenoxy) is 1. The van der Waals surface area contributed by atoms with Crippen LogP contribution in [0, 0.1) is 5.92 Å². The molecule has 0 aliphatic carbocycles. The van der Waals surface area contributed by atoms with E-state index in [0.29, 0.717) is 12.0 Å². The molecule has 1 aliphatic rings. The number of rotatable bonds is 5. The fraction of sp³-hybridized carbons (Fsp3) is 0.812. The van der Waals surface area contributed by atoms with Gasteiger partial charge in [-0.3, -0.25) is 4.68 Å². The third-order valence-corrected chi connectivity index (χ3v) is 3.88. The van der Waals surface area contributed by atoms with Gasteiger partial charge in [0, 0.05) is 24.7 Å². The topological polar surface area (TPSA) is 39.1 Å². The maximum absolute atomic E-state index is 6.15. The molecule has 1 aliphatic heterocycles. The molecule has 2 heterocycles. The maximum atomic E-state index is 6.15. The highest BCUT2D eigenvalue weighted by Gasteiger charge is 2.47. The lowest BCUT2D eigenvalue weighted by Crippen LogP contribution is -2.31. The molecule has 0 saturated carbocycles. The monoisotopic (exact) mass is 279 g/mol. The average Bonchev–Trinajstić information content (AvgIpc) is 2.79. The molecule has 1 fully saturated rings. The van der Waals surface area contributed by atoms with E-state index in [0.717, 1.165) is 19.5 Å². The van der Waals surface area contributed by atoms with Crippen molar-refractivity contribution in [1.29, 1.82) is 0 Å². The standard InChI is InChI=1S/C16H29N3O/c1-12(2)8-17-9-13-10-18-19(11-13)14-7-15(3,4)20-16(14,5)6/h10-12,14,17H,7-9H2,1-6H3. The van der Waals surface area contributed by atoms with E-state index in [1.807, 2.05) is 6.20 Å². The number of aromatic nitrogens is 2. The van der Waals surface area contributed by atoms with E-state index in [1.54, 1.807) is 0 Å². The Bertz CT molecular complexity index is 448. The van der Waals surface area contributed by atoms with Crippen LogP contribution in [0.15, 0.2) is 12.4 Å². The summed E-state index contributed by atoms with van der Waals surface area (Å²) in [5.74, 6) is 0.674. The van der Waals surface area contributed by atoms with Crippen LogP contribution in [0.3, 0.4) is 0 Å². The Labute approximate surface area is 122 Å². The lowest BCUT2D eigenvalue weighted by molar-refractivity contribution is -0.0737. The lowest BCUT2D eigenvalue weighted by Gasteiger charge is -2.27. The Morgan fingerprint density at radius 2 is 2.10 bits per heavy atom. The highest BCUT2D eigenvalue weighted by molar-refractivity contribution is 5.07. The maximum Gasteiger partial charge on any atom is 0.0857 e. The Hall–Kier alpha value is -0.870. The van der Waals surface area contributed by atoms with Crippen LogP contribution in [0.25, 0.3) is 0 Å². The highest BCUT2D eigenvalue weighted by Crippen LogP contribution is 2.44. The second-order valence-electron chi connectivity index (χ2n) is 7.54. The molecule has 20 heavy (non-hydrogen) atoms. The Morgan fingerprint density at radius 1 is 1.40 bits per heavy atom. The third kappa shape index (κ3) is 3.61. The van der Waals surface area contributed by atoms with Gasteiger partial charge in [0.05, 0.1) is 23.4 Å². The van der Waals surface area contributed by atoms with Crippen LogP contribution >= 0.6 is 0 Å². The summed E-state index contributed by atoms with van der Waals surface area (Å²) in [6.07, 6.45) is 5.12. The van der Waals surface area contributed by atoms with Crippen LogP contribution in [0.2, 0.25) is 0 Å². The zero-order valence-electron chi connectivity index (χ0n) is 13.7. The average molecular weight is 279 g/mol. The molecule has 2 rings (SSSR count). The zero-order valence-corrected chi connectivity index (χ0v) is 13.7. The zero-order chi connectivity index (χ0) is 15.0. The first-order valence-corrected chi connectivity index (χ1v) is 7.63. The predicted octanol–water partition coefficient (Wildman–Crippen LogP) is 3.15. The third-order valence-electron chi connectivity index (χ3n) is 3.88. The molecule has 4 heteroatoms. The van der Waals surface area contributed by atoms with Crippen molar-refractivity contribution < 1.29 is 4.74 Å². The number of nitrogens with one attached hydrogen (secondary N) is 1. The SMILES string of the molecule is CC(C)CNCc1cnn(C2CC(C)(C)OC2(C)C)c1. The van der Waals surface area contributed by atoms with Gasteiger partial charge in [-0.15, -0.1) is 0 Å². The molecule has 0 radical (unpaired) electrons. The second-order valence-corrected chi connectivity index (χ2v) is 7.54. The summed E-state index contributed by atoms with van der Waals surface area (Å²) >= 11 is 0. The van der Waals surface area contributed by atoms with Crippen molar-refractivity contribution in [2.24, 2.45) is 5.92 Å². The van der Waals surface area contributed by atoms with E-state index in [9.17, 15) is 0 Å². The molecule has 0 aromatic carbocycles. The van der Waals surface area contributed by atoms with Gasteiger partial charge in [0.1, 0.15) is 0 Å². The summed E-state index contributed by atoms with van der Waals surface area (Å²) in [4.78, 5) is 0. The predicted molar refractivity (Wildman–Crippen MR) is 81.7 cm³/mol. The number of nitrogens with zero attached hydrogens (tertiary/aromatic N) is 2. The first-order chi connectivity index (χ1) is 9.20. The van der Waals surface area contributed by atoms with Crippen molar-refractivity contribution in [3.05, 3.63) is 18.0 Å². The van der Waals surface area contributed by atoms with E-state index >= 15 is 0 Å². The summed E-state index contributed by atoms with van der Waals surface area (Å²) in [6, 6.07) is 0.302. The van der Waals surface area contributed by atoms with Gasteiger partial charge in [0.25, 0.3) is 0 Å². The molecule has 1 aromatic rings. The first kappa shape index (κ1) is 15.5. The minimum atomic E-state index is -0.169. The Kier molecular flexibility index (Phi) is 4.26. The Balaban J connectivity index is 2.02.